The van der Waals surface area contributed by atoms with Crippen LogP contribution in [0.25, 0.3) is 0 Å². The first kappa shape index (κ1) is 16.0. The van der Waals surface area contributed by atoms with E-state index in [4.69, 9.17) is 4.74 Å². The number of benzene rings is 1. The third-order valence-corrected chi connectivity index (χ3v) is 3.91. The van der Waals surface area contributed by atoms with Crippen LogP contribution in [-0.2, 0) is 19.2 Å². The highest BCUT2D eigenvalue weighted by molar-refractivity contribution is 6.02. The van der Waals surface area contributed by atoms with Crippen molar-refractivity contribution in [2.75, 3.05) is 17.2 Å². The van der Waals surface area contributed by atoms with Gasteiger partial charge in [-0.25, -0.2) is 0 Å². The minimum absolute atomic E-state index is 0.0223. The van der Waals surface area contributed by atoms with E-state index in [-0.39, 0.29) is 49.4 Å². The number of ether oxygens (including phenoxy) is 1. The number of amides is 4. The molecule has 1 aromatic carbocycles. The summed E-state index contributed by atoms with van der Waals surface area (Å²) in [5, 5.41) is 5.38. The van der Waals surface area contributed by atoms with Crippen molar-refractivity contribution < 1.29 is 23.9 Å². The van der Waals surface area contributed by atoms with E-state index in [0.29, 0.717) is 17.1 Å². The maximum absolute atomic E-state index is 12.0. The number of nitrogens with zero attached hydrogens (tertiary/aromatic N) is 1. The quantitative estimate of drug-likeness (QED) is 0.797. The molecular weight excluding hydrogens is 314 g/mol. The van der Waals surface area contributed by atoms with E-state index < -0.39 is 6.10 Å². The Morgan fingerprint density at radius 1 is 1.29 bits per heavy atom. The van der Waals surface area contributed by atoms with Gasteiger partial charge in [-0.15, -0.1) is 0 Å². The summed E-state index contributed by atoms with van der Waals surface area (Å²) >= 11 is 0. The van der Waals surface area contributed by atoms with Gasteiger partial charge >= 0.3 is 0 Å². The molecule has 1 atom stereocenters. The van der Waals surface area contributed by atoms with Gasteiger partial charge in [0.25, 0.3) is 5.91 Å². The maximum atomic E-state index is 12.0. The van der Waals surface area contributed by atoms with E-state index in [1.54, 1.807) is 25.1 Å². The summed E-state index contributed by atoms with van der Waals surface area (Å²) in [6.07, 6.45) is -0.116. The molecule has 1 aromatic rings. The molecule has 0 radical (unpaired) electrons. The fourth-order valence-electron chi connectivity index (χ4n) is 2.60. The Hall–Kier alpha value is -2.90. The molecule has 1 fully saturated rings. The molecule has 0 saturated carbocycles. The fourth-order valence-corrected chi connectivity index (χ4v) is 2.60. The van der Waals surface area contributed by atoms with Crippen molar-refractivity contribution in [3.8, 4) is 5.75 Å². The zero-order valence-electron chi connectivity index (χ0n) is 13.1. The van der Waals surface area contributed by atoms with Crippen LogP contribution in [0.1, 0.15) is 26.2 Å². The molecule has 2 aliphatic rings. The molecule has 3 rings (SSSR count). The fraction of sp³-hybridized carbons (Fsp3) is 0.375. The van der Waals surface area contributed by atoms with E-state index in [9.17, 15) is 19.2 Å². The Kier molecular flexibility index (Phi) is 4.20. The number of rotatable bonds is 4. The number of hydrogen-bond acceptors (Lipinski definition) is 5. The van der Waals surface area contributed by atoms with Crippen molar-refractivity contribution in [3.63, 3.8) is 0 Å². The Labute approximate surface area is 138 Å². The second-order valence-electron chi connectivity index (χ2n) is 5.70. The number of nitrogens with one attached hydrogen (secondary N) is 2. The molecule has 2 aliphatic heterocycles. The van der Waals surface area contributed by atoms with E-state index in [0.717, 1.165) is 4.90 Å². The average molecular weight is 331 g/mol. The van der Waals surface area contributed by atoms with Gasteiger partial charge in [0.15, 0.2) is 6.10 Å². The first-order valence-corrected chi connectivity index (χ1v) is 7.68. The molecule has 8 nitrogen and oxygen atoms in total. The highest BCUT2D eigenvalue weighted by Crippen LogP contribution is 2.32. The lowest BCUT2D eigenvalue weighted by atomic mass is 10.2. The average Bonchev–Trinajstić information content (AvgIpc) is 2.85. The monoisotopic (exact) mass is 331 g/mol. The third-order valence-electron chi connectivity index (χ3n) is 3.91. The Bertz CT molecular complexity index is 714. The normalized spacial score (nSPS) is 19.6. The number of anilines is 2. The Morgan fingerprint density at radius 2 is 2.00 bits per heavy atom. The van der Waals surface area contributed by atoms with Crippen LogP contribution in [-0.4, -0.2) is 41.2 Å². The lowest BCUT2D eigenvalue weighted by Gasteiger charge is -2.23. The second kappa shape index (κ2) is 6.31. The molecule has 4 amide bonds. The Morgan fingerprint density at radius 3 is 2.71 bits per heavy atom. The van der Waals surface area contributed by atoms with Crippen LogP contribution in [0.4, 0.5) is 11.4 Å². The van der Waals surface area contributed by atoms with Crippen LogP contribution in [0.15, 0.2) is 18.2 Å². The van der Waals surface area contributed by atoms with Gasteiger partial charge in [0.2, 0.25) is 17.7 Å². The van der Waals surface area contributed by atoms with E-state index in [1.165, 1.54) is 0 Å². The largest absolute Gasteiger partial charge is 0.479 e. The zero-order chi connectivity index (χ0) is 17.3. The number of fused-ring (bicyclic) bond motifs is 1. The van der Waals surface area contributed by atoms with E-state index in [2.05, 4.69) is 10.6 Å². The van der Waals surface area contributed by atoms with Crippen LogP contribution in [0.5, 0.6) is 5.75 Å². The van der Waals surface area contributed by atoms with Crippen LogP contribution >= 0.6 is 0 Å². The van der Waals surface area contributed by atoms with Gasteiger partial charge in [-0.1, -0.05) is 0 Å². The predicted molar refractivity (Wildman–Crippen MR) is 84.4 cm³/mol. The molecule has 126 valence electrons. The summed E-state index contributed by atoms with van der Waals surface area (Å²) in [4.78, 5) is 47.7. The minimum Gasteiger partial charge on any atom is -0.479 e. The lowest BCUT2D eigenvalue weighted by molar-refractivity contribution is -0.138. The van der Waals surface area contributed by atoms with Crippen molar-refractivity contribution in [1.82, 2.24) is 4.90 Å². The summed E-state index contributed by atoms with van der Waals surface area (Å²) in [7, 11) is 0. The first-order chi connectivity index (χ1) is 11.4. The molecule has 0 unspecified atom stereocenters. The second-order valence-corrected chi connectivity index (χ2v) is 5.70. The first-order valence-electron chi connectivity index (χ1n) is 7.68. The van der Waals surface area contributed by atoms with Crippen LogP contribution < -0.4 is 15.4 Å². The van der Waals surface area contributed by atoms with Gasteiger partial charge in [0.1, 0.15) is 5.75 Å². The third kappa shape index (κ3) is 3.22. The topological polar surface area (TPSA) is 105 Å². The minimum atomic E-state index is -0.562. The smallest absolute Gasteiger partial charge is 0.265 e. The molecule has 2 N–H and O–H groups in total. The standard InChI is InChI=1S/C16H17N3O5/c1-9-16(23)18-11-8-10(2-3-12(11)24-9)17-13(20)6-7-19-14(21)4-5-15(19)22/h2-3,8-9H,4-7H2,1H3,(H,17,20)(H,18,23)/t9-/m0/s1. The SMILES string of the molecule is C[C@@H]1Oc2ccc(NC(=O)CCN3C(=O)CCC3=O)cc2NC1=O. The number of hydrogen-bond donors (Lipinski definition) is 2. The predicted octanol–water partition coefficient (Wildman–Crippen LogP) is 0.884. The molecule has 8 heteroatoms. The van der Waals surface area contributed by atoms with Crippen molar-refractivity contribution in [2.45, 2.75) is 32.3 Å². The Balaban J connectivity index is 1.59. The number of carbonyl (C=O) groups excluding carboxylic acids is 4. The van der Waals surface area contributed by atoms with Crippen LogP contribution in [0.2, 0.25) is 0 Å². The lowest BCUT2D eigenvalue weighted by Crippen LogP contribution is -2.34. The van der Waals surface area contributed by atoms with E-state index >= 15 is 0 Å². The number of carbonyl (C=O) groups is 4. The van der Waals surface area contributed by atoms with E-state index in [1.807, 2.05) is 0 Å². The van der Waals surface area contributed by atoms with Gasteiger partial charge in [0.05, 0.1) is 5.69 Å². The maximum Gasteiger partial charge on any atom is 0.265 e. The molecule has 0 aliphatic carbocycles. The van der Waals surface area contributed by atoms with Crippen molar-refractivity contribution in [3.05, 3.63) is 18.2 Å². The summed E-state index contributed by atoms with van der Waals surface area (Å²) in [6, 6.07) is 4.92. The highest BCUT2D eigenvalue weighted by Gasteiger charge is 2.29. The molecule has 0 bridgehead atoms. The summed E-state index contributed by atoms with van der Waals surface area (Å²) in [5.41, 5.74) is 0.983. The summed E-state index contributed by atoms with van der Waals surface area (Å²) < 4.78 is 5.44. The van der Waals surface area contributed by atoms with Gasteiger partial charge < -0.3 is 15.4 Å². The summed E-state index contributed by atoms with van der Waals surface area (Å²) in [5.74, 6) is -0.518. The van der Waals surface area contributed by atoms with Gasteiger partial charge in [-0.2, -0.15) is 0 Å². The van der Waals surface area contributed by atoms with Crippen molar-refractivity contribution in [2.24, 2.45) is 0 Å². The van der Waals surface area contributed by atoms with Gasteiger partial charge in [0, 0.05) is 31.5 Å². The molecule has 0 spiro atoms. The zero-order valence-corrected chi connectivity index (χ0v) is 13.1. The van der Waals surface area contributed by atoms with Gasteiger partial charge in [-0.3, -0.25) is 24.1 Å². The molecular formula is C16H17N3O5. The highest BCUT2D eigenvalue weighted by atomic mass is 16.5. The van der Waals surface area contributed by atoms with Crippen molar-refractivity contribution in [1.29, 1.82) is 0 Å². The molecule has 0 aromatic heterocycles. The van der Waals surface area contributed by atoms with Crippen LogP contribution in [0, 0.1) is 0 Å². The molecule has 2 heterocycles. The summed E-state index contributed by atoms with van der Waals surface area (Å²) in [6.45, 7) is 1.72. The van der Waals surface area contributed by atoms with Crippen LogP contribution in [0.3, 0.4) is 0 Å². The molecule has 1 saturated heterocycles. The number of imide groups is 1. The molecule has 24 heavy (non-hydrogen) atoms. The van der Waals surface area contributed by atoms with Crippen molar-refractivity contribution >= 4 is 35.0 Å². The van der Waals surface area contributed by atoms with Gasteiger partial charge in [-0.05, 0) is 25.1 Å². The number of likely N-dealkylation sites (tertiary alicyclic amines) is 1.